The van der Waals surface area contributed by atoms with Crippen LogP contribution in [0.15, 0.2) is 18.2 Å². The Hall–Kier alpha value is -2.09. The summed E-state index contributed by atoms with van der Waals surface area (Å²) in [5.41, 5.74) is 9.44. The van der Waals surface area contributed by atoms with Gasteiger partial charge in [-0.15, -0.1) is 0 Å². The third-order valence-corrected chi connectivity index (χ3v) is 4.44. The van der Waals surface area contributed by atoms with Crippen LogP contribution in [0.25, 0.3) is 11.1 Å². The number of aromatic carboxylic acids is 1. The molecule has 0 unspecified atom stereocenters. The number of carboxylic acids is 1. The van der Waals surface area contributed by atoms with Gasteiger partial charge in [-0.2, -0.15) is 0 Å². The topological polar surface area (TPSA) is 37.3 Å². The van der Waals surface area contributed by atoms with Gasteiger partial charge in [0.2, 0.25) is 0 Å². The van der Waals surface area contributed by atoms with Crippen molar-refractivity contribution < 1.29 is 9.90 Å². The van der Waals surface area contributed by atoms with Crippen LogP contribution in [0.3, 0.4) is 0 Å². The zero-order valence-electron chi connectivity index (χ0n) is 13.6. The summed E-state index contributed by atoms with van der Waals surface area (Å²) in [6, 6.07) is 5.98. The highest BCUT2D eigenvalue weighted by atomic mass is 16.4. The second-order valence-corrected chi connectivity index (χ2v) is 5.92. The Morgan fingerprint density at radius 2 is 1.24 bits per heavy atom. The number of carbonyl (C=O) groups is 1. The van der Waals surface area contributed by atoms with Crippen LogP contribution in [0.1, 0.15) is 43.7 Å². The largest absolute Gasteiger partial charge is 0.478 e. The van der Waals surface area contributed by atoms with E-state index in [1.54, 1.807) is 0 Å². The Labute approximate surface area is 126 Å². The van der Waals surface area contributed by atoms with Crippen molar-refractivity contribution in [3.63, 3.8) is 0 Å². The van der Waals surface area contributed by atoms with Crippen LogP contribution in [0.5, 0.6) is 0 Å². The zero-order chi connectivity index (χ0) is 15.9. The molecule has 0 heterocycles. The van der Waals surface area contributed by atoms with Gasteiger partial charge in [-0.1, -0.05) is 12.1 Å². The Bertz CT molecular complexity index is 714. The highest BCUT2D eigenvalue weighted by molar-refractivity contribution is 5.92. The molecule has 110 valence electrons. The van der Waals surface area contributed by atoms with Crippen LogP contribution in [0.2, 0.25) is 0 Å². The molecule has 0 aliphatic carbocycles. The van der Waals surface area contributed by atoms with Crippen LogP contribution in [-0.2, 0) is 0 Å². The van der Waals surface area contributed by atoms with Gasteiger partial charge < -0.3 is 5.11 Å². The standard InChI is InChI=1S/C19H22O2/c1-10-7-11(2)15(6)18(14(10)5)16-9-17(19(20)21)13(4)8-12(16)3/h7-9H,1-6H3,(H,20,21). The van der Waals surface area contributed by atoms with Crippen molar-refractivity contribution in [2.45, 2.75) is 41.5 Å². The number of rotatable bonds is 2. The lowest BCUT2D eigenvalue weighted by atomic mass is 9.86. The number of carboxylic acid groups (broad SMARTS) is 1. The van der Waals surface area contributed by atoms with E-state index < -0.39 is 5.97 Å². The summed E-state index contributed by atoms with van der Waals surface area (Å²) in [7, 11) is 0. The lowest BCUT2D eigenvalue weighted by Crippen LogP contribution is -2.03. The maximum atomic E-state index is 11.4. The van der Waals surface area contributed by atoms with Gasteiger partial charge in [0, 0.05) is 0 Å². The number of benzene rings is 2. The van der Waals surface area contributed by atoms with Gasteiger partial charge in [0.05, 0.1) is 5.56 Å². The highest BCUT2D eigenvalue weighted by Crippen LogP contribution is 2.35. The molecule has 0 amide bonds. The average Bonchev–Trinajstić information content (AvgIpc) is 2.38. The normalized spacial score (nSPS) is 10.8. The predicted molar refractivity (Wildman–Crippen MR) is 87.3 cm³/mol. The van der Waals surface area contributed by atoms with E-state index in [9.17, 15) is 9.90 Å². The van der Waals surface area contributed by atoms with Crippen molar-refractivity contribution in [2.24, 2.45) is 0 Å². The fourth-order valence-corrected chi connectivity index (χ4v) is 2.97. The molecule has 0 bridgehead atoms. The first kappa shape index (κ1) is 15.3. The van der Waals surface area contributed by atoms with Crippen molar-refractivity contribution in [2.75, 3.05) is 0 Å². The summed E-state index contributed by atoms with van der Waals surface area (Å²) in [5.74, 6) is -0.867. The molecule has 0 atom stereocenters. The molecule has 0 saturated carbocycles. The summed E-state index contributed by atoms with van der Waals surface area (Å²) in [4.78, 5) is 11.4. The van der Waals surface area contributed by atoms with Crippen LogP contribution < -0.4 is 0 Å². The number of aryl methyl sites for hydroxylation is 4. The lowest BCUT2D eigenvalue weighted by molar-refractivity contribution is 0.0696. The third-order valence-electron chi connectivity index (χ3n) is 4.44. The molecular formula is C19H22O2. The van der Waals surface area contributed by atoms with Crippen molar-refractivity contribution >= 4 is 5.97 Å². The molecule has 1 N–H and O–H groups in total. The SMILES string of the molecule is Cc1cc(C)c(-c2c(C)c(C)cc(C)c2C)cc1C(=O)O. The summed E-state index contributed by atoms with van der Waals surface area (Å²) < 4.78 is 0. The summed E-state index contributed by atoms with van der Waals surface area (Å²) >= 11 is 0. The quantitative estimate of drug-likeness (QED) is 0.850. The van der Waals surface area contributed by atoms with Crippen molar-refractivity contribution in [3.05, 3.63) is 57.1 Å². The van der Waals surface area contributed by atoms with Crippen molar-refractivity contribution in [3.8, 4) is 11.1 Å². The Kier molecular flexibility index (Phi) is 3.91. The monoisotopic (exact) mass is 282 g/mol. The van der Waals surface area contributed by atoms with Crippen LogP contribution in [0, 0.1) is 41.5 Å². The van der Waals surface area contributed by atoms with Gasteiger partial charge in [0.25, 0.3) is 0 Å². The molecule has 2 aromatic rings. The number of hydrogen-bond donors (Lipinski definition) is 1. The molecule has 21 heavy (non-hydrogen) atoms. The van der Waals surface area contributed by atoms with Gasteiger partial charge in [-0.05, 0) is 92.1 Å². The van der Waals surface area contributed by atoms with Crippen molar-refractivity contribution in [1.29, 1.82) is 0 Å². The van der Waals surface area contributed by atoms with E-state index in [-0.39, 0.29) is 0 Å². The Morgan fingerprint density at radius 3 is 1.71 bits per heavy atom. The van der Waals surface area contributed by atoms with E-state index in [4.69, 9.17) is 0 Å². The minimum atomic E-state index is -0.867. The Morgan fingerprint density at radius 1 is 0.762 bits per heavy atom. The molecule has 2 heteroatoms. The molecule has 2 aromatic carbocycles. The van der Waals surface area contributed by atoms with Crippen LogP contribution >= 0.6 is 0 Å². The minimum absolute atomic E-state index is 0.383. The van der Waals surface area contributed by atoms with Gasteiger partial charge >= 0.3 is 5.97 Å². The van der Waals surface area contributed by atoms with E-state index in [1.807, 2.05) is 26.0 Å². The maximum Gasteiger partial charge on any atom is 0.335 e. The second-order valence-electron chi connectivity index (χ2n) is 5.92. The fraction of sp³-hybridized carbons (Fsp3) is 0.316. The van der Waals surface area contributed by atoms with Gasteiger partial charge in [0.1, 0.15) is 0 Å². The fourth-order valence-electron chi connectivity index (χ4n) is 2.97. The predicted octanol–water partition coefficient (Wildman–Crippen LogP) is 4.90. The lowest BCUT2D eigenvalue weighted by Gasteiger charge is -2.18. The molecule has 0 radical (unpaired) electrons. The van der Waals surface area contributed by atoms with E-state index in [0.29, 0.717) is 5.56 Å². The minimum Gasteiger partial charge on any atom is -0.478 e. The maximum absolute atomic E-state index is 11.4. The summed E-state index contributed by atoms with van der Waals surface area (Å²) in [5, 5.41) is 9.38. The highest BCUT2D eigenvalue weighted by Gasteiger charge is 2.16. The zero-order valence-corrected chi connectivity index (χ0v) is 13.6. The van der Waals surface area contributed by atoms with Crippen LogP contribution in [-0.4, -0.2) is 11.1 Å². The van der Waals surface area contributed by atoms with E-state index >= 15 is 0 Å². The first-order chi connectivity index (χ1) is 9.73. The molecule has 0 aromatic heterocycles. The van der Waals surface area contributed by atoms with Gasteiger partial charge in [-0.3, -0.25) is 0 Å². The Balaban J connectivity index is 2.85. The molecule has 0 aliphatic heterocycles. The van der Waals surface area contributed by atoms with Gasteiger partial charge in [-0.25, -0.2) is 4.79 Å². The molecule has 2 rings (SSSR count). The first-order valence-corrected chi connectivity index (χ1v) is 7.16. The molecule has 2 nitrogen and oxygen atoms in total. The molecule has 0 saturated heterocycles. The molecule has 0 spiro atoms. The van der Waals surface area contributed by atoms with E-state index in [1.165, 1.54) is 27.8 Å². The second kappa shape index (κ2) is 5.36. The van der Waals surface area contributed by atoms with Gasteiger partial charge in [0.15, 0.2) is 0 Å². The molecule has 0 fully saturated rings. The summed E-state index contributed by atoms with van der Waals surface area (Å²) in [6.45, 7) is 12.3. The van der Waals surface area contributed by atoms with E-state index in [2.05, 4.69) is 33.8 Å². The smallest absolute Gasteiger partial charge is 0.335 e. The third kappa shape index (κ3) is 2.58. The summed E-state index contributed by atoms with van der Waals surface area (Å²) in [6.07, 6.45) is 0. The van der Waals surface area contributed by atoms with Crippen molar-refractivity contribution in [1.82, 2.24) is 0 Å². The molecule has 0 aliphatic rings. The number of hydrogen-bond acceptors (Lipinski definition) is 1. The average molecular weight is 282 g/mol. The van der Waals surface area contributed by atoms with Crippen LogP contribution in [0.4, 0.5) is 0 Å². The first-order valence-electron chi connectivity index (χ1n) is 7.16. The molecular weight excluding hydrogens is 260 g/mol. The van der Waals surface area contributed by atoms with E-state index in [0.717, 1.165) is 16.7 Å².